The molecule has 108 valence electrons. The molecule has 0 unspecified atom stereocenters. The van der Waals surface area contributed by atoms with Gasteiger partial charge in [-0.2, -0.15) is 0 Å². The highest BCUT2D eigenvalue weighted by atomic mass is 19.1. The minimum atomic E-state index is -1.28. The molecule has 0 spiro atoms. The predicted molar refractivity (Wildman–Crippen MR) is 71.3 cm³/mol. The van der Waals surface area contributed by atoms with Gasteiger partial charge in [0.2, 0.25) is 5.75 Å². The van der Waals surface area contributed by atoms with Gasteiger partial charge in [-0.15, -0.1) is 0 Å². The average Bonchev–Trinajstić information content (AvgIpc) is 2.43. The van der Waals surface area contributed by atoms with Gasteiger partial charge in [-0.1, -0.05) is 0 Å². The maximum absolute atomic E-state index is 13.2. The van der Waals surface area contributed by atoms with Crippen LogP contribution in [-0.2, 0) is 0 Å². The summed E-state index contributed by atoms with van der Waals surface area (Å²) >= 11 is 0. The molecule has 0 radical (unpaired) electrons. The maximum Gasteiger partial charge on any atom is 0.335 e. The molecule has 0 atom stereocenters. The van der Waals surface area contributed by atoms with Crippen molar-refractivity contribution < 1.29 is 24.0 Å². The molecule has 0 aromatic heterocycles. The van der Waals surface area contributed by atoms with E-state index in [4.69, 9.17) is 9.84 Å². The Morgan fingerprint density at radius 2 is 2.00 bits per heavy atom. The Kier molecular flexibility index (Phi) is 3.84. The van der Waals surface area contributed by atoms with E-state index in [0.717, 1.165) is 6.07 Å². The first-order valence-corrected chi connectivity index (χ1v) is 5.84. The molecule has 0 aliphatic rings. The van der Waals surface area contributed by atoms with Gasteiger partial charge in [0, 0.05) is 6.07 Å². The third kappa shape index (κ3) is 3.14. The summed E-state index contributed by atoms with van der Waals surface area (Å²) in [5, 5.41) is 19.8. The van der Waals surface area contributed by atoms with Crippen LogP contribution in [0, 0.1) is 22.9 Å². The van der Waals surface area contributed by atoms with Crippen LogP contribution in [0.5, 0.6) is 11.5 Å². The van der Waals surface area contributed by atoms with Crippen LogP contribution in [0.25, 0.3) is 0 Å². The molecule has 0 saturated carbocycles. The van der Waals surface area contributed by atoms with Crippen molar-refractivity contribution in [3.8, 4) is 11.5 Å². The summed E-state index contributed by atoms with van der Waals surface area (Å²) in [6.07, 6.45) is 0. The van der Waals surface area contributed by atoms with Gasteiger partial charge in [0.1, 0.15) is 11.6 Å². The molecule has 0 amide bonds. The Morgan fingerprint density at radius 3 is 2.57 bits per heavy atom. The lowest BCUT2D eigenvalue weighted by molar-refractivity contribution is -0.385. The molecular formula is C14H10FNO5. The minimum Gasteiger partial charge on any atom is -0.478 e. The number of nitro benzene ring substituents is 1. The van der Waals surface area contributed by atoms with Gasteiger partial charge in [0.05, 0.1) is 10.5 Å². The van der Waals surface area contributed by atoms with E-state index in [2.05, 4.69) is 0 Å². The van der Waals surface area contributed by atoms with Crippen molar-refractivity contribution in [2.45, 2.75) is 6.92 Å². The predicted octanol–water partition coefficient (Wildman–Crippen LogP) is 3.53. The van der Waals surface area contributed by atoms with E-state index in [0.29, 0.717) is 5.56 Å². The van der Waals surface area contributed by atoms with Crippen LogP contribution < -0.4 is 4.74 Å². The molecule has 0 aliphatic heterocycles. The second kappa shape index (κ2) is 5.58. The number of carboxylic acids is 1. The van der Waals surface area contributed by atoms with Crippen LogP contribution >= 0.6 is 0 Å². The zero-order valence-electron chi connectivity index (χ0n) is 10.9. The number of benzene rings is 2. The van der Waals surface area contributed by atoms with Gasteiger partial charge in [0.25, 0.3) is 0 Å². The molecule has 1 N–H and O–H groups in total. The second-order valence-electron chi connectivity index (χ2n) is 4.26. The lowest BCUT2D eigenvalue weighted by atomic mass is 10.2. The van der Waals surface area contributed by atoms with E-state index in [-0.39, 0.29) is 17.1 Å². The van der Waals surface area contributed by atoms with Gasteiger partial charge >= 0.3 is 11.7 Å². The largest absolute Gasteiger partial charge is 0.478 e. The van der Waals surface area contributed by atoms with Gasteiger partial charge in [-0.3, -0.25) is 10.1 Å². The normalized spacial score (nSPS) is 10.2. The van der Waals surface area contributed by atoms with E-state index in [9.17, 15) is 19.3 Å². The third-order valence-electron chi connectivity index (χ3n) is 2.76. The van der Waals surface area contributed by atoms with Crippen LogP contribution in [0.3, 0.4) is 0 Å². The number of carbonyl (C=O) groups is 1. The molecule has 2 rings (SSSR count). The van der Waals surface area contributed by atoms with Crippen LogP contribution in [0.2, 0.25) is 0 Å². The number of aryl methyl sites for hydroxylation is 1. The maximum atomic E-state index is 13.2. The summed E-state index contributed by atoms with van der Waals surface area (Å²) in [5.41, 5.74) is -0.362. The first-order chi connectivity index (χ1) is 9.88. The van der Waals surface area contributed by atoms with Crippen LogP contribution in [0.15, 0.2) is 36.4 Å². The van der Waals surface area contributed by atoms with Crippen molar-refractivity contribution in [3.05, 3.63) is 63.5 Å². The van der Waals surface area contributed by atoms with Crippen LogP contribution in [-0.4, -0.2) is 16.0 Å². The summed E-state index contributed by atoms with van der Waals surface area (Å²) in [5.74, 6) is -1.59. The zero-order valence-corrected chi connectivity index (χ0v) is 10.9. The van der Waals surface area contributed by atoms with Crippen molar-refractivity contribution in [1.29, 1.82) is 0 Å². The Labute approximate surface area is 118 Å². The average molecular weight is 291 g/mol. The van der Waals surface area contributed by atoms with Gasteiger partial charge in [0.15, 0.2) is 0 Å². The quantitative estimate of drug-likeness (QED) is 0.687. The molecule has 21 heavy (non-hydrogen) atoms. The zero-order chi connectivity index (χ0) is 15.6. The van der Waals surface area contributed by atoms with E-state index in [1.54, 1.807) is 0 Å². The standard InChI is InChI=1S/C14H10FNO5/c1-8-6-10(3-4-11(8)15)21-13-5-2-9(14(17)18)7-12(13)16(19)20/h2-7H,1H3,(H,17,18). The molecule has 0 heterocycles. The number of carboxylic acid groups (broad SMARTS) is 1. The summed E-state index contributed by atoms with van der Waals surface area (Å²) in [6, 6.07) is 7.21. The Hall–Kier alpha value is -2.96. The number of aromatic carboxylic acids is 1. The fourth-order valence-electron chi connectivity index (χ4n) is 1.69. The Balaban J connectivity index is 2.41. The second-order valence-corrected chi connectivity index (χ2v) is 4.26. The molecule has 7 heteroatoms. The molecule has 0 aliphatic carbocycles. The number of rotatable bonds is 4. The van der Waals surface area contributed by atoms with E-state index < -0.39 is 22.4 Å². The lowest BCUT2D eigenvalue weighted by Gasteiger charge is -2.08. The highest BCUT2D eigenvalue weighted by Gasteiger charge is 2.19. The monoisotopic (exact) mass is 291 g/mol. The highest BCUT2D eigenvalue weighted by Crippen LogP contribution is 2.32. The fraction of sp³-hybridized carbons (Fsp3) is 0.0714. The fourth-order valence-corrected chi connectivity index (χ4v) is 1.69. The van der Waals surface area contributed by atoms with Crippen molar-refractivity contribution in [2.24, 2.45) is 0 Å². The number of halogens is 1. The highest BCUT2D eigenvalue weighted by molar-refractivity contribution is 5.88. The Bertz CT molecular complexity index is 729. The van der Waals surface area contributed by atoms with Gasteiger partial charge < -0.3 is 9.84 Å². The van der Waals surface area contributed by atoms with Gasteiger partial charge in [-0.25, -0.2) is 9.18 Å². The molecule has 0 saturated heterocycles. The molecular weight excluding hydrogens is 281 g/mol. The third-order valence-corrected chi connectivity index (χ3v) is 2.76. The summed E-state index contributed by atoms with van der Waals surface area (Å²) in [7, 11) is 0. The molecule has 0 fully saturated rings. The smallest absolute Gasteiger partial charge is 0.335 e. The van der Waals surface area contributed by atoms with Crippen molar-refractivity contribution in [2.75, 3.05) is 0 Å². The lowest BCUT2D eigenvalue weighted by Crippen LogP contribution is -2.00. The molecule has 2 aromatic carbocycles. The Morgan fingerprint density at radius 1 is 1.29 bits per heavy atom. The van der Waals surface area contributed by atoms with E-state index in [1.165, 1.54) is 37.3 Å². The SMILES string of the molecule is Cc1cc(Oc2ccc(C(=O)O)cc2[N+](=O)[O-])ccc1F. The number of ether oxygens (including phenoxy) is 1. The number of nitrogens with zero attached hydrogens (tertiary/aromatic N) is 1. The van der Waals surface area contributed by atoms with Crippen molar-refractivity contribution >= 4 is 11.7 Å². The van der Waals surface area contributed by atoms with E-state index in [1.807, 2.05) is 0 Å². The summed E-state index contributed by atoms with van der Waals surface area (Å²) in [4.78, 5) is 21.1. The summed E-state index contributed by atoms with van der Waals surface area (Å²) < 4.78 is 18.5. The van der Waals surface area contributed by atoms with E-state index >= 15 is 0 Å². The van der Waals surface area contributed by atoms with Crippen molar-refractivity contribution in [3.63, 3.8) is 0 Å². The van der Waals surface area contributed by atoms with Crippen LogP contribution in [0.1, 0.15) is 15.9 Å². The summed E-state index contributed by atoms with van der Waals surface area (Å²) in [6.45, 7) is 1.53. The molecule has 0 bridgehead atoms. The number of nitro groups is 1. The minimum absolute atomic E-state index is 0.115. The molecule has 6 nitrogen and oxygen atoms in total. The molecule has 2 aromatic rings. The first kappa shape index (κ1) is 14.4. The topological polar surface area (TPSA) is 89.7 Å². The number of hydrogen-bond acceptors (Lipinski definition) is 4. The van der Waals surface area contributed by atoms with Crippen LogP contribution in [0.4, 0.5) is 10.1 Å². The first-order valence-electron chi connectivity index (χ1n) is 5.84. The van der Waals surface area contributed by atoms with Gasteiger partial charge in [-0.05, 0) is 42.8 Å². The number of hydrogen-bond donors (Lipinski definition) is 1. The van der Waals surface area contributed by atoms with Crippen molar-refractivity contribution in [1.82, 2.24) is 0 Å².